The number of nitrogens with two attached hydrogens (primary N) is 1. The predicted molar refractivity (Wildman–Crippen MR) is 82.8 cm³/mol. The van der Waals surface area contributed by atoms with Crippen LogP contribution in [0.15, 0.2) is 0 Å². The van der Waals surface area contributed by atoms with Gasteiger partial charge in [-0.15, -0.1) is 12.4 Å². The van der Waals surface area contributed by atoms with Crippen LogP contribution in [0.4, 0.5) is 9.59 Å². The van der Waals surface area contributed by atoms with E-state index in [9.17, 15) is 19.2 Å². The first-order valence-corrected chi connectivity index (χ1v) is 7.39. The standard InChI is InChI=1S/C14H19NO10.ClH/c1-20-12(18)24-5-22-10(16)8-7-3-4-14(15,9(7)8)11(17)23-6-25-13(19)21-2;/h7-9H,3-6,15H2,1-2H3;1H/t7-,8-,9-,14-;/m0./s1. The molecule has 2 saturated carbocycles. The van der Waals surface area contributed by atoms with Crippen molar-refractivity contribution in [1.82, 2.24) is 0 Å². The number of halogens is 1. The van der Waals surface area contributed by atoms with Crippen LogP contribution < -0.4 is 5.73 Å². The minimum atomic E-state index is -1.36. The quantitative estimate of drug-likeness (QED) is 0.375. The lowest BCUT2D eigenvalue weighted by molar-refractivity contribution is -0.161. The first-order valence-electron chi connectivity index (χ1n) is 7.39. The number of ether oxygens (including phenoxy) is 6. The van der Waals surface area contributed by atoms with Gasteiger partial charge in [-0.2, -0.15) is 0 Å². The summed E-state index contributed by atoms with van der Waals surface area (Å²) in [4.78, 5) is 45.7. The van der Waals surface area contributed by atoms with Crippen molar-refractivity contribution in [2.24, 2.45) is 23.5 Å². The van der Waals surface area contributed by atoms with E-state index in [1.807, 2.05) is 0 Å². The topological polar surface area (TPSA) is 150 Å². The van der Waals surface area contributed by atoms with Crippen molar-refractivity contribution in [3.8, 4) is 0 Å². The highest BCUT2D eigenvalue weighted by molar-refractivity contribution is 5.87. The summed E-state index contributed by atoms with van der Waals surface area (Å²) in [7, 11) is 2.23. The molecular formula is C14H20ClNO10. The summed E-state index contributed by atoms with van der Waals surface area (Å²) in [5, 5.41) is 0. The average molecular weight is 398 g/mol. The van der Waals surface area contributed by atoms with Gasteiger partial charge in [-0.25, -0.2) is 14.4 Å². The van der Waals surface area contributed by atoms with Crippen LogP contribution in [0.2, 0.25) is 0 Å². The third-order valence-electron chi connectivity index (χ3n) is 4.39. The van der Waals surface area contributed by atoms with E-state index in [-0.39, 0.29) is 18.3 Å². The second-order valence-electron chi connectivity index (χ2n) is 5.62. The van der Waals surface area contributed by atoms with Gasteiger partial charge in [0.15, 0.2) is 0 Å². The van der Waals surface area contributed by atoms with Crippen molar-refractivity contribution >= 4 is 36.7 Å². The zero-order valence-electron chi connectivity index (χ0n) is 14.1. The molecular weight excluding hydrogens is 378 g/mol. The van der Waals surface area contributed by atoms with E-state index in [1.54, 1.807) is 0 Å². The Morgan fingerprint density at radius 2 is 1.50 bits per heavy atom. The molecule has 0 heterocycles. The number of carbonyl (C=O) groups excluding carboxylic acids is 4. The number of hydrogen-bond acceptors (Lipinski definition) is 11. The van der Waals surface area contributed by atoms with E-state index in [4.69, 9.17) is 15.2 Å². The summed E-state index contributed by atoms with van der Waals surface area (Å²) in [5.74, 6) is -2.51. The molecule has 0 bridgehead atoms. The molecule has 148 valence electrons. The van der Waals surface area contributed by atoms with Gasteiger partial charge in [0.05, 0.1) is 20.1 Å². The highest BCUT2D eigenvalue weighted by Crippen LogP contribution is 2.62. The van der Waals surface area contributed by atoms with Crippen molar-refractivity contribution in [3.63, 3.8) is 0 Å². The van der Waals surface area contributed by atoms with Gasteiger partial charge < -0.3 is 34.2 Å². The first-order chi connectivity index (χ1) is 11.8. The Morgan fingerprint density at radius 1 is 0.962 bits per heavy atom. The van der Waals surface area contributed by atoms with Crippen LogP contribution in [-0.4, -0.2) is 57.6 Å². The molecule has 4 atom stereocenters. The molecule has 2 rings (SSSR count). The van der Waals surface area contributed by atoms with E-state index in [2.05, 4.69) is 18.9 Å². The molecule has 0 aromatic heterocycles. The zero-order chi connectivity index (χ0) is 18.6. The second-order valence-corrected chi connectivity index (χ2v) is 5.62. The fourth-order valence-electron chi connectivity index (χ4n) is 3.18. The zero-order valence-corrected chi connectivity index (χ0v) is 14.9. The van der Waals surface area contributed by atoms with Gasteiger partial charge in [0.25, 0.3) is 0 Å². The van der Waals surface area contributed by atoms with Gasteiger partial charge in [-0.1, -0.05) is 0 Å². The first kappa shape index (κ1) is 21.8. The van der Waals surface area contributed by atoms with Crippen LogP contribution in [0.25, 0.3) is 0 Å². The highest BCUT2D eigenvalue weighted by atomic mass is 35.5. The van der Waals surface area contributed by atoms with Crippen LogP contribution >= 0.6 is 12.4 Å². The van der Waals surface area contributed by atoms with Crippen molar-refractivity contribution in [2.75, 3.05) is 27.8 Å². The van der Waals surface area contributed by atoms with E-state index in [1.165, 1.54) is 0 Å². The fourth-order valence-corrected chi connectivity index (χ4v) is 3.18. The number of esters is 2. The van der Waals surface area contributed by atoms with E-state index in [0.29, 0.717) is 12.8 Å². The van der Waals surface area contributed by atoms with Crippen molar-refractivity contribution < 1.29 is 47.6 Å². The summed E-state index contributed by atoms with van der Waals surface area (Å²) < 4.78 is 27.0. The summed E-state index contributed by atoms with van der Waals surface area (Å²) in [5.41, 5.74) is 4.74. The molecule has 0 aliphatic heterocycles. The minimum absolute atomic E-state index is 0. The maximum Gasteiger partial charge on any atom is 0.510 e. The number of methoxy groups -OCH3 is 2. The van der Waals surface area contributed by atoms with Crippen molar-refractivity contribution in [1.29, 1.82) is 0 Å². The molecule has 2 fully saturated rings. The SMILES string of the molecule is COC(=O)OCOC(=O)[C@H]1[C@@H]2CC[C@@](N)(C(=O)OCOC(=O)OC)[C@@H]21.Cl. The molecule has 0 amide bonds. The third kappa shape index (κ3) is 4.47. The molecule has 0 radical (unpaired) electrons. The highest BCUT2D eigenvalue weighted by Gasteiger charge is 2.70. The number of fused-ring (bicyclic) bond motifs is 1. The number of carbonyl (C=O) groups is 4. The Hall–Kier alpha value is -2.27. The molecule has 0 saturated heterocycles. The molecule has 0 aromatic carbocycles. The van der Waals surface area contributed by atoms with E-state index < -0.39 is 55.2 Å². The molecule has 0 spiro atoms. The lowest BCUT2D eigenvalue weighted by Gasteiger charge is -2.24. The summed E-state index contributed by atoms with van der Waals surface area (Å²) >= 11 is 0. The fraction of sp³-hybridized carbons (Fsp3) is 0.714. The predicted octanol–water partition coefficient (Wildman–Crippen LogP) is 0.329. The summed E-state index contributed by atoms with van der Waals surface area (Å²) in [6.07, 6.45) is -1.10. The van der Waals surface area contributed by atoms with Crippen LogP contribution in [0, 0.1) is 17.8 Å². The Balaban J connectivity index is 0.00000338. The summed E-state index contributed by atoms with van der Waals surface area (Å²) in [6, 6.07) is 0. The Bertz CT molecular complexity index is 570. The molecule has 11 nitrogen and oxygen atoms in total. The Kier molecular flexibility index (Phi) is 7.45. The maximum absolute atomic E-state index is 12.2. The molecule has 0 unspecified atom stereocenters. The van der Waals surface area contributed by atoms with E-state index in [0.717, 1.165) is 14.2 Å². The van der Waals surface area contributed by atoms with Gasteiger partial charge in [0.2, 0.25) is 13.6 Å². The smallest absolute Gasteiger partial charge is 0.438 e. The van der Waals surface area contributed by atoms with Gasteiger partial charge in [-0.05, 0) is 18.8 Å². The Labute approximate surface area is 154 Å². The lowest BCUT2D eigenvalue weighted by atomic mass is 9.91. The molecule has 2 aliphatic rings. The van der Waals surface area contributed by atoms with Crippen LogP contribution in [0.5, 0.6) is 0 Å². The van der Waals surface area contributed by atoms with Gasteiger partial charge >= 0.3 is 24.2 Å². The van der Waals surface area contributed by atoms with Crippen molar-refractivity contribution in [3.05, 3.63) is 0 Å². The lowest BCUT2D eigenvalue weighted by Crippen LogP contribution is -2.51. The van der Waals surface area contributed by atoms with Gasteiger partial charge in [0.1, 0.15) is 5.54 Å². The number of hydrogen-bond donors (Lipinski definition) is 1. The van der Waals surface area contributed by atoms with E-state index >= 15 is 0 Å². The van der Waals surface area contributed by atoms with Crippen LogP contribution in [0.3, 0.4) is 0 Å². The third-order valence-corrected chi connectivity index (χ3v) is 4.39. The molecule has 2 N–H and O–H groups in total. The largest absolute Gasteiger partial charge is 0.510 e. The Morgan fingerprint density at radius 3 is 2.04 bits per heavy atom. The molecule has 2 aliphatic carbocycles. The second kappa shape index (κ2) is 8.90. The minimum Gasteiger partial charge on any atom is -0.438 e. The van der Waals surface area contributed by atoms with Crippen LogP contribution in [0.1, 0.15) is 12.8 Å². The van der Waals surface area contributed by atoms with Crippen molar-refractivity contribution in [2.45, 2.75) is 18.4 Å². The monoisotopic (exact) mass is 397 g/mol. The maximum atomic E-state index is 12.2. The number of rotatable bonds is 6. The molecule has 12 heteroatoms. The van der Waals surface area contributed by atoms with Gasteiger partial charge in [-0.3, -0.25) is 4.79 Å². The van der Waals surface area contributed by atoms with Crippen LogP contribution in [-0.2, 0) is 38.0 Å². The summed E-state index contributed by atoms with van der Waals surface area (Å²) in [6.45, 7) is -1.22. The molecule has 0 aromatic rings. The normalized spacial score (nSPS) is 27.9. The molecule has 26 heavy (non-hydrogen) atoms. The average Bonchev–Trinajstić information content (AvgIpc) is 3.24. The van der Waals surface area contributed by atoms with Gasteiger partial charge in [0, 0.05) is 5.92 Å².